The molecule has 3 fully saturated rings. The number of halogens is 4. The maximum atomic E-state index is 14.4. The molecule has 44 heavy (non-hydrogen) atoms. The third-order valence-corrected chi connectivity index (χ3v) is 12.8. The van der Waals surface area contributed by atoms with Crippen molar-refractivity contribution in [2.24, 2.45) is 5.92 Å². The summed E-state index contributed by atoms with van der Waals surface area (Å²) in [5.74, 6) is -1.92. The predicted molar refractivity (Wildman–Crippen MR) is 164 cm³/mol. The largest absolute Gasteiger partial charge is 0.461 e. The Bertz CT molecular complexity index is 1340. The first-order chi connectivity index (χ1) is 20.5. The van der Waals surface area contributed by atoms with Crippen molar-refractivity contribution in [3.8, 4) is 5.75 Å². The van der Waals surface area contributed by atoms with Crippen LogP contribution in [0, 0.1) is 5.92 Å². The highest BCUT2D eigenvalue weighted by atomic mass is 32.2. The van der Waals surface area contributed by atoms with Crippen molar-refractivity contribution < 1.29 is 45.0 Å². The molecule has 0 aromatic heterocycles. The molecule has 0 spiro atoms. The van der Waals surface area contributed by atoms with Crippen LogP contribution in [-0.2, 0) is 24.3 Å². The number of alkyl halides is 3. The van der Waals surface area contributed by atoms with E-state index in [1.54, 1.807) is 12.3 Å². The maximum absolute atomic E-state index is 14.4. The van der Waals surface area contributed by atoms with E-state index in [9.17, 15) is 30.8 Å². The van der Waals surface area contributed by atoms with E-state index in [1.807, 2.05) is 0 Å². The number of thioether (sulfide) groups is 1. The van der Waals surface area contributed by atoms with Crippen LogP contribution in [0.2, 0.25) is 25.7 Å². The molecule has 248 valence electrons. The Morgan fingerprint density at radius 2 is 1.89 bits per heavy atom. The molecule has 0 N–H and O–H groups in total. The van der Waals surface area contributed by atoms with Crippen molar-refractivity contribution in [1.29, 1.82) is 0 Å². The van der Waals surface area contributed by atoms with Gasteiger partial charge in [-0.05, 0) is 63.3 Å². The molecule has 0 unspecified atom stereocenters. The molecule has 3 aliphatic carbocycles. The minimum atomic E-state index is -4.36. The molecule has 4 aliphatic rings. The number of sulfonamides is 1. The number of carbonyl (C=O) groups excluding carboxylic acids is 1. The Morgan fingerprint density at radius 1 is 1.20 bits per heavy atom. The molecule has 1 aromatic rings. The van der Waals surface area contributed by atoms with E-state index in [-0.39, 0.29) is 48.9 Å². The van der Waals surface area contributed by atoms with Crippen LogP contribution < -0.4 is 9.64 Å². The second-order valence-electron chi connectivity index (χ2n) is 13.0. The Labute approximate surface area is 262 Å². The van der Waals surface area contributed by atoms with E-state index in [0.29, 0.717) is 29.4 Å². The first-order valence-corrected chi connectivity index (χ1v) is 21.2. The number of fused-ring (bicyclic) bond motifs is 1. The van der Waals surface area contributed by atoms with Gasteiger partial charge in [0, 0.05) is 45.3 Å². The fraction of sp³-hybridized carbons (Fsp3) is 0.690. The van der Waals surface area contributed by atoms with Gasteiger partial charge in [-0.15, -0.1) is 11.8 Å². The summed E-state index contributed by atoms with van der Waals surface area (Å²) < 4.78 is 100.0. The average Bonchev–Trinajstić information content (AvgIpc) is 2.94. The zero-order valence-corrected chi connectivity index (χ0v) is 28.5. The predicted octanol–water partition coefficient (Wildman–Crippen LogP) is 6.94. The first-order valence-electron chi connectivity index (χ1n) is 14.8. The number of benzene rings is 1. The van der Waals surface area contributed by atoms with Gasteiger partial charge in [0.25, 0.3) is 0 Å². The summed E-state index contributed by atoms with van der Waals surface area (Å²) in [5, 5.41) is 0. The number of nitrogens with zero attached hydrogens (tertiary/aromatic N) is 2. The third-order valence-electron chi connectivity index (χ3n) is 8.47. The van der Waals surface area contributed by atoms with Crippen molar-refractivity contribution in [2.45, 2.75) is 98.7 Å². The van der Waals surface area contributed by atoms with Gasteiger partial charge in [0.05, 0.1) is 17.2 Å². The quantitative estimate of drug-likeness (QED) is 0.0397. The molecule has 2 bridgehead atoms. The topological polar surface area (TPSA) is 85.4 Å². The van der Waals surface area contributed by atoms with Crippen molar-refractivity contribution in [1.82, 2.24) is 4.31 Å². The van der Waals surface area contributed by atoms with Gasteiger partial charge in [0.2, 0.25) is 15.9 Å². The van der Waals surface area contributed by atoms with Crippen LogP contribution in [0.5, 0.6) is 5.75 Å². The highest BCUT2D eigenvalue weighted by Crippen LogP contribution is 2.62. The third kappa shape index (κ3) is 7.94. The minimum Gasteiger partial charge on any atom is -0.461 e. The average molecular weight is 683 g/mol. The molecule has 5 rings (SSSR count). The van der Waals surface area contributed by atoms with Gasteiger partial charge in [-0.2, -0.15) is 21.9 Å². The fourth-order valence-electron chi connectivity index (χ4n) is 5.98. The van der Waals surface area contributed by atoms with Gasteiger partial charge < -0.3 is 19.1 Å². The van der Waals surface area contributed by atoms with Crippen molar-refractivity contribution >= 4 is 41.5 Å². The van der Waals surface area contributed by atoms with E-state index < -0.39 is 48.5 Å². The number of esters is 1. The van der Waals surface area contributed by atoms with Crippen molar-refractivity contribution in [3.63, 3.8) is 0 Å². The number of carbonyl (C=O) groups is 1. The van der Waals surface area contributed by atoms with Crippen molar-refractivity contribution in [3.05, 3.63) is 24.2 Å². The molecule has 3 saturated carbocycles. The van der Waals surface area contributed by atoms with Gasteiger partial charge in [-0.25, -0.2) is 13.2 Å². The highest BCUT2D eigenvalue weighted by molar-refractivity contribution is 7.98. The van der Waals surface area contributed by atoms with Crippen LogP contribution >= 0.6 is 11.8 Å². The van der Waals surface area contributed by atoms with Crippen molar-refractivity contribution in [2.75, 3.05) is 37.6 Å². The normalized spacial score (nSPS) is 25.0. The lowest BCUT2D eigenvalue weighted by Crippen LogP contribution is -2.69. The second kappa shape index (κ2) is 13.5. The molecule has 15 heteroatoms. The van der Waals surface area contributed by atoms with Gasteiger partial charge in [-0.1, -0.05) is 19.6 Å². The van der Waals surface area contributed by atoms with E-state index in [0.717, 1.165) is 25.3 Å². The number of anilines is 1. The molecule has 1 heterocycles. The van der Waals surface area contributed by atoms with Gasteiger partial charge >= 0.3 is 12.1 Å². The van der Waals surface area contributed by atoms with Crippen LogP contribution in [0.3, 0.4) is 0 Å². The van der Waals surface area contributed by atoms with E-state index in [4.69, 9.17) is 9.47 Å². The number of hydrogen-bond donors (Lipinski definition) is 0. The molecule has 1 aliphatic heterocycles. The lowest BCUT2D eigenvalue weighted by atomic mass is 9.49. The molecule has 8 nitrogen and oxygen atoms in total. The van der Waals surface area contributed by atoms with Crippen LogP contribution in [0.1, 0.15) is 45.4 Å². The molecule has 1 aromatic carbocycles. The molecular weight excluding hydrogens is 641 g/mol. The zero-order chi connectivity index (χ0) is 32.5. The smallest absolute Gasteiger partial charge is 0.389 e. The van der Waals surface area contributed by atoms with E-state index in [2.05, 4.69) is 29.3 Å². The summed E-state index contributed by atoms with van der Waals surface area (Å²) in [4.78, 5) is 14.3. The standard InChI is InChI=1S/C29H42F4N2O6S2Si/c1-6-40-27(36)22(30)18-41-24-13-26-23(12-25(24)42-2)34(28-14-20(15-28)16-28)17-21(8-7-9-29(31,32)33)35(43(26,37)38)19-39-10-11-44(3,4)5/h12-13,18,20-21H,6-11,14-17,19H2,1-5H3/b22-18-/t20?,21-,28?/m1/s1. The van der Waals surface area contributed by atoms with Gasteiger partial charge in [-0.3, -0.25) is 0 Å². The minimum absolute atomic E-state index is 0.00630. The SMILES string of the molecule is CCOC(=O)/C(F)=C/Oc1cc2c(cc1SC)N(C13CC(C1)C3)C[C@@H](CCCC(F)(F)F)N(COCC[Si](C)(C)C)S2(=O)=O. The monoisotopic (exact) mass is 682 g/mol. The number of ether oxygens (including phenoxy) is 3. The Morgan fingerprint density at radius 3 is 2.43 bits per heavy atom. The van der Waals surface area contributed by atoms with E-state index >= 15 is 0 Å². The van der Waals surface area contributed by atoms with Crippen LogP contribution in [-0.4, -0.2) is 77.3 Å². The van der Waals surface area contributed by atoms with Gasteiger partial charge in [0.15, 0.2) is 0 Å². The number of rotatable bonds is 14. The Balaban J connectivity index is 1.76. The summed E-state index contributed by atoms with van der Waals surface area (Å²) >= 11 is 1.26. The summed E-state index contributed by atoms with van der Waals surface area (Å²) in [6.45, 7) is 8.25. The lowest BCUT2D eigenvalue weighted by molar-refractivity contribution is -0.140. The second-order valence-corrected chi connectivity index (χ2v) is 21.3. The molecule has 1 atom stereocenters. The summed E-state index contributed by atoms with van der Waals surface area (Å²) in [7, 11) is -5.82. The summed E-state index contributed by atoms with van der Waals surface area (Å²) in [5.41, 5.74) is 0.181. The fourth-order valence-corrected chi connectivity index (χ4v) is 8.99. The highest BCUT2D eigenvalue weighted by Gasteiger charge is 2.61. The summed E-state index contributed by atoms with van der Waals surface area (Å²) in [6, 6.07) is 3.03. The Hall–Kier alpha value is -1.81. The first kappa shape index (κ1) is 35.0. The van der Waals surface area contributed by atoms with Gasteiger partial charge in [0.1, 0.15) is 23.6 Å². The molecule has 0 radical (unpaired) electrons. The lowest BCUT2D eigenvalue weighted by Gasteiger charge is -2.67. The van der Waals surface area contributed by atoms with Crippen LogP contribution in [0.15, 0.2) is 34.0 Å². The number of hydrogen-bond acceptors (Lipinski definition) is 8. The maximum Gasteiger partial charge on any atom is 0.389 e. The molecule has 0 amide bonds. The van der Waals surface area contributed by atoms with Crippen LogP contribution in [0.4, 0.5) is 23.2 Å². The summed E-state index contributed by atoms with van der Waals surface area (Å²) in [6.07, 6.45) is -0.596. The van der Waals surface area contributed by atoms with Crippen LogP contribution in [0.25, 0.3) is 0 Å². The molecule has 0 saturated heterocycles. The zero-order valence-electron chi connectivity index (χ0n) is 25.8. The Kier molecular flexibility index (Phi) is 10.8. The van der Waals surface area contributed by atoms with E-state index in [1.165, 1.54) is 29.1 Å². The molecular formula is C29H42F4N2O6S2Si.